The van der Waals surface area contributed by atoms with Crippen LogP contribution in [-0.2, 0) is 6.54 Å². The molecule has 0 saturated heterocycles. The molecule has 5 heteroatoms. The molecule has 0 amide bonds. The Balaban J connectivity index is 1.57. The van der Waals surface area contributed by atoms with Crippen molar-refractivity contribution in [1.82, 2.24) is 10.3 Å². The molecule has 0 spiro atoms. The maximum Gasteiger partial charge on any atom is 0.190 e. The van der Waals surface area contributed by atoms with Crippen LogP contribution in [0.5, 0.6) is 0 Å². The van der Waals surface area contributed by atoms with E-state index >= 15 is 0 Å². The molecule has 1 atom stereocenters. The zero-order valence-corrected chi connectivity index (χ0v) is 16.8. The summed E-state index contributed by atoms with van der Waals surface area (Å²) >= 11 is 12.0. The Bertz CT molecular complexity index is 989. The fraction of sp³-hybridized carbons (Fsp3) is 0.130. The molecular formula is C23H20ClN3S. The summed E-state index contributed by atoms with van der Waals surface area (Å²) in [4.78, 5) is 0. The highest BCUT2D eigenvalue weighted by Gasteiger charge is 2.31. The minimum Gasteiger partial charge on any atom is -0.357 e. The van der Waals surface area contributed by atoms with Gasteiger partial charge < -0.3 is 5.32 Å². The standard InChI is InChI=1S/C23H20ClN3S/c24-20-14-8-7-13-19(20)16-25-23(28)27-22(18-11-5-2-6-12-18)15-21(26-27)17-9-3-1-4-10-17/h1-14,22H,15-16H2,(H,25,28). The summed E-state index contributed by atoms with van der Waals surface area (Å²) in [5, 5.41) is 11.4. The van der Waals surface area contributed by atoms with Crippen LogP contribution in [0.15, 0.2) is 90.0 Å². The minimum absolute atomic E-state index is 0.0719. The van der Waals surface area contributed by atoms with Crippen LogP contribution in [0.3, 0.4) is 0 Å². The third kappa shape index (κ3) is 4.08. The number of nitrogens with one attached hydrogen (secondary N) is 1. The summed E-state index contributed by atoms with van der Waals surface area (Å²) in [7, 11) is 0. The molecule has 1 unspecified atom stereocenters. The van der Waals surface area contributed by atoms with Gasteiger partial charge in [0.05, 0.1) is 11.8 Å². The Labute approximate surface area is 175 Å². The highest BCUT2D eigenvalue weighted by Crippen LogP contribution is 2.32. The Morgan fingerprint density at radius 1 is 0.964 bits per heavy atom. The van der Waals surface area contributed by atoms with Gasteiger partial charge >= 0.3 is 0 Å². The number of hydrogen-bond acceptors (Lipinski definition) is 2. The predicted octanol–water partition coefficient (Wildman–Crippen LogP) is 5.57. The first-order valence-electron chi connectivity index (χ1n) is 9.20. The first kappa shape index (κ1) is 18.7. The first-order chi connectivity index (χ1) is 13.7. The van der Waals surface area contributed by atoms with Crippen LogP contribution < -0.4 is 5.32 Å². The van der Waals surface area contributed by atoms with Crippen LogP contribution in [0.25, 0.3) is 0 Å². The maximum absolute atomic E-state index is 6.27. The van der Waals surface area contributed by atoms with Crippen molar-refractivity contribution in [2.45, 2.75) is 19.0 Å². The Hall–Kier alpha value is -2.69. The Morgan fingerprint density at radius 3 is 2.32 bits per heavy atom. The van der Waals surface area contributed by atoms with Crippen molar-refractivity contribution in [2.75, 3.05) is 0 Å². The summed E-state index contributed by atoms with van der Waals surface area (Å²) < 4.78 is 0. The van der Waals surface area contributed by atoms with Gasteiger partial charge in [0, 0.05) is 18.0 Å². The smallest absolute Gasteiger partial charge is 0.190 e. The molecule has 3 nitrogen and oxygen atoms in total. The molecule has 3 aromatic rings. The van der Waals surface area contributed by atoms with Crippen molar-refractivity contribution in [3.63, 3.8) is 0 Å². The molecule has 0 radical (unpaired) electrons. The number of hydrazone groups is 1. The van der Waals surface area contributed by atoms with Gasteiger partial charge in [-0.1, -0.05) is 90.5 Å². The van der Waals surface area contributed by atoms with E-state index in [-0.39, 0.29) is 6.04 Å². The molecule has 1 aliphatic rings. The summed E-state index contributed by atoms with van der Waals surface area (Å²) in [6, 6.07) is 28.5. The van der Waals surface area contributed by atoms with E-state index in [1.807, 2.05) is 65.7 Å². The average molecular weight is 406 g/mol. The molecule has 4 rings (SSSR count). The molecule has 140 valence electrons. The molecule has 28 heavy (non-hydrogen) atoms. The fourth-order valence-electron chi connectivity index (χ4n) is 3.33. The predicted molar refractivity (Wildman–Crippen MR) is 120 cm³/mol. The second kappa shape index (κ2) is 8.55. The molecule has 0 bridgehead atoms. The van der Waals surface area contributed by atoms with Gasteiger partial charge in [-0.2, -0.15) is 5.10 Å². The average Bonchev–Trinajstić information content (AvgIpc) is 3.20. The zero-order chi connectivity index (χ0) is 19.3. The van der Waals surface area contributed by atoms with Gasteiger partial charge in [0.2, 0.25) is 0 Å². The topological polar surface area (TPSA) is 27.6 Å². The lowest BCUT2D eigenvalue weighted by molar-refractivity contribution is 0.364. The Kier molecular flexibility index (Phi) is 5.70. The van der Waals surface area contributed by atoms with E-state index in [2.05, 4.69) is 29.6 Å². The van der Waals surface area contributed by atoms with Crippen molar-refractivity contribution in [3.8, 4) is 0 Å². The van der Waals surface area contributed by atoms with Gasteiger partial charge in [-0.25, -0.2) is 5.01 Å². The molecule has 1 aliphatic heterocycles. The number of thiocarbonyl (C=S) groups is 1. The van der Waals surface area contributed by atoms with Crippen LogP contribution >= 0.6 is 23.8 Å². The molecule has 0 saturated carbocycles. The van der Waals surface area contributed by atoms with Gasteiger partial charge in [-0.3, -0.25) is 0 Å². The molecule has 1 N–H and O–H groups in total. The van der Waals surface area contributed by atoms with Crippen LogP contribution in [0.2, 0.25) is 5.02 Å². The number of halogens is 1. The highest BCUT2D eigenvalue weighted by atomic mass is 35.5. The van der Waals surface area contributed by atoms with E-state index in [4.69, 9.17) is 28.9 Å². The van der Waals surface area contributed by atoms with Gasteiger partial charge in [-0.15, -0.1) is 0 Å². The molecule has 0 aromatic heterocycles. The second-order valence-corrected chi connectivity index (χ2v) is 7.43. The largest absolute Gasteiger partial charge is 0.357 e. The molecule has 0 fully saturated rings. The summed E-state index contributed by atoms with van der Waals surface area (Å²) in [6.45, 7) is 0.562. The second-order valence-electron chi connectivity index (χ2n) is 6.64. The first-order valence-corrected chi connectivity index (χ1v) is 9.99. The normalized spacial score (nSPS) is 16.0. The quantitative estimate of drug-likeness (QED) is 0.575. The third-order valence-corrected chi connectivity index (χ3v) is 5.50. The fourth-order valence-corrected chi connectivity index (χ4v) is 3.77. The number of benzene rings is 3. The van der Waals surface area contributed by atoms with Crippen molar-refractivity contribution in [3.05, 3.63) is 107 Å². The molecular weight excluding hydrogens is 386 g/mol. The molecule has 3 aromatic carbocycles. The van der Waals surface area contributed by atoms with E-state index in [1.165, 1.54) is 5.56 Å². The SMILES string of the molecule is S=C(NCc1ccccc1Cl)N1N=C(c2ccccc2)CC1c1ccccc1. The van der Waals surface area contributed by atoms with Crippen LogP contribution in [0.4, 0.5) is 0 Å². The minimum atomic E-state index is 0.0719. The lowest BCUT2D eigenvalue weighted by Crippen LogP contribution is -2.36. The molecule has 0 aliphatic carbocycles. The van der Waals surface area contributed by atoms with Gasteiger partial charge in [0.1, 0.15) is 0 Å². The lowest BCUT2D eigenvalue weighted by atomic mass is 9.99. The van der Waals surface area contributed by atoms with E-state index in [9.17, 15) is 0 Å². The van der Waals surface area contributed by atoms with Crippen LogP contribution in [0, 0.1) is 0 Å². The van der Waals surface area contributed by atoms with E-state index in [0.717, 1.165) is 28.3 Å². The summed E-state index contributed by atoms with van der Waals surface area (Å²) in [5.74, 6) is 0. The maximum atomic E-state index is 6.27. The highest BCUT2D eigenvalue weighted by molar-refractivity contribution is 7.80. The van der Waals surface area contributed by atoms with E-state index < -0.39 is 0 Å². The summed E-state index contributed by atoms with van der Waals surface area (Å²) in [5.41, 5.74) is 4.37. The van der Waals surface area contributed by atoms with Gasteiger partial charge in [0.15, 0.2) is 5.11 Å². The number of rotatable bonds is 4. The van der Waals surface area contributed by atoms with E-state index in [1.54, 1.807) is 0 Å². The van der Waals surface area contributed by atoms with Gasteiger partial charge in [-0.05, 0) is 35.0 Å². The van der Waals surface area contributed by atoms with Crippen LogP contribution in [0.1, 0.15) is 29.2 Å². The third-order valence-electron chi connectivity index (χ3n) is 4.80. The number of hydrogen-bond donors (Lipinski definition) is 1. The number of nitrogens with zero attached hydrogens (tertiary/aromatic N) is 2. The van der Waals surface area contributed by atoms with Crippen molar-refractivity contribution in [1.29, 1.82) is 0 Å². The van der Waals surface area contributed by atoms with Crippen molar-refractivity contribution < 1.29 is 0 Å². The lowest BCUT2D eigenvalue weighted by Gasteiger charge is -2.25. The van der Waals surface area contributed by atoms with E-state index in [0.29, 0.717) is 11.7 Å². The molecule has 1 heterocycles. The zero-order valence-electron chi connectivity index (χ0n) is 15.3. The van der Waals surface area contributed by atoms with Crippen molar-refractivity contribution >= 4 is 34.6 Å². The van der Waals surface area contributed by atoms with Crippen LogP contribution in [-0.4, -0.2) is 15.8 Å². The Morgan fingerprint density at radius 2 is 1.61 bits per heavy atom. The van der Waals surface area contributed by atoms with Gasteiger partial charge in [0.25, 0.3) is 0 Å². The summed E-state index contributed by atoms with van der Waals surface area (Å²) in [6.07, 6.45) is 0.807. The van der Waals surface area contributed by atoms with Crippen molar-refractivity contribution in [2.24, 2.45) is 5.10 Å². The monoisotopic (exact) mass is 405 g/mol.